The molecule has 1 atom stereocenters. The maximum absolute atomic E-state index is 14.0. The van der Waals surface area contributed by atoms with Gasteiger partial charge in [-0.05, 0) is 48.7 Å². The van der Waals surface area contributed by atoms with Crippen molar-refractivity contribution in [2.24, 2.45) is 0 Å². The van der Waals surface area contributed by atoms with Gasteiger partial charge in [0.2, 0.25) is 11.8 Å². The Morgan fingerprint density at radius 2 is 1.75 bits per heavy atom. The standard InChI is InChI=1S/C23H26ClFN4O3/c1-15(30)26-21(14-16-4-2-3-5-20(16)25)22(31)27-19-10-12-29(13-11-19)23(32)28-18-8-6-17(24)7-9-18/h2-9,19,21H,10-14H2,1H3,(H,26,30)(H,27,31)(H,28,32)/t21-/m0/s1. The zero-order chi connectivity index (χ0) is 23.1. The second-order valence-electron chi connectivity index (χ2n) is 7.76. The summed E-state index contributed by atoms with van der Waals surface area (Å²) < 4.78 is 14.0. The van der Waals surface area contributed by atoms with Gasteiger partial charge in [-0.15, -0.1) is 0 Å². The van der Waals surface area contributed by atoms with Gasteiger partial charge in [0, 0.05) is 43.2 Å². The molecular weight excluding hydrogens is 435 g/mol. The van der Waals surface area contributed by atoms with Crippen molar-refractivity contribution in [3.05, 3.63) is 64.9 Å². The van der Waals surface area contributed by atoms with E-state index in [2.05, 4.69) is 16.0 Å². The van der Waals surface area contributed by atoms with Crippen LogP contribution in [0.5, 0.6) is 0 Å². The molecule has 3 rings (SSSR count). The van der Waals surface area contributed by atoms with Crippen LogP contribution in [0, 0.1) is 5.82 Å². The number of likely N-dealkylation sites (tertiary alicyclic amines) is 1. The van der Waals surface area contributed by atoms with E-state index in [1.807, 2.05) is 0 Å². The van der Waals surface area contributed by atoms with E-state index in [4.69, 9.17) is 11.6 Å². The third-order valence-corrected chi connectivity index (χ3v) is 5.55. The second-order valence-corrected chi connectivity index (χ2v) is 8.19. The number of anilines is 1. The molecule has 32 heavy (non-hydrogen) atoms. The molecule has 4 amide bonds. The van der Waals surface area contributed by atoms with E-state index in [0.717, 1.165) is 0 Å². The summed E-state index contributed by atoms with van der Waals surface area (Å²) >= 11 is 5.86. The van der Waals surface area contributed by atoms with Crippen LogP contribution >= 0.6 is 11.6 Å². The van der Waals surface area contributed by atoms with Gasteiger partial charge in [-0.1, -0.05) is 29.8 Å². The number of hydrogen-bond donors (Lipinski definition) is 3. The van der Waals surface area contributed by atoms with Gasteiger partial charge in [0.1, 0.15) is 11.9 Å². The average molecular weight is 461 g/mol. The van der Waals surface area contributed by atoms with E-state index in [0.29, 0.717) is 42.2 Å². The van der Waals surface area contributed by atoms with Crippen molar-refractivity contribution in [2.75, 3.05) is 18.4 Å². The number of nitrogens with zero attached hydrogens (tertiary/aromatic N) is 1. The topological polar surface area (TPSA) is 90.5 Å². The van der Waals surface area contributed by atoms with E-state index < -0.39 is 11.9 Å². The van der Waals surface area contributed by atoms with Crippen molar-refractivity contribution in [1.29, 1.82) is 0 Å². The molecule has 1 aliphatic rings. The molecule has 9 heteroatoms. The van der Waals surface area contributed by atoms with Crippen LogP contribution < -0.4 is 16.0 Å². The highest BCUT2D eigenvalue weighted by molar-refractivity contribution is 6.30. The molecule has 1 saturated heterocycles. The molecule has 1 fully saturated rings. The van der Waals surface area contributed by atoms with Gasteiger partial charge in [0.15, 0.2) is 0 Å². The zero-order valence-corrected chi connectivity index (χ0v) is 18.5. The van der Waals surface area contributed by atoms with Crippen LogP contribution in [-0.4, -0.2) is 47.9 Å². The van der Waals surface area contributed by atoms with E-state index in [-0.39, 0.29) is 30.3 Å². The molecule has 0 bridgehead atoms. The van der Waals surface area contributed by atoms with Gasteiger partial charge in [0.05, 0.1) is 0 Å². The first-order valence-electron chi connectivity index (χ1n) is 10.4. The largest absolute Gasteiger partial charge is 0.351 e. The lowest BCUT2D eigenvalue weighted by molar-refractivity contribution is -0.128. The van der Waals surface area contributed by atoms with Gasteiger partial charge >= 0.3 is 6.03 Å². The fourth-order valence-corrected chi connectivity index (χ4v) is 3.73. The predicted octanol–water partition coefficient (Wildman–Crippen LogP) is 3.34. The molecule has 2 aromatic carbocycles. The second kappa shape index (κ2) is 10.9. The molecule has 170 valence electrons. The van der Waals surface area contributed by atoms with Crippen LogP contribution in [0.25, 0.3) is 0 Å². The van der Waals surface area contributed by atoms with Crippen molar-refractivity contribution >= 4 is 35.1 Å². The predicted molar refractivity (Wildman–Crippen MR) is 121 cm³/mol. The Hall–Kier alpha value is -3.13. The Labute approximate surface area is 191 Å². The summed E-state index contributed by atoms with van der Waals surface area (Å²) in [6.45, 7) is 2.27. The number of piperidine rings is 1. The Morgan fingerprint density at radius 3 is 2.38 bits per heavy atom. The first-order valence-corrected chi connectivity index (χ1v) is 10.8. The minimum Gasteiger partial charge on any atom is -0.351 e. The van der Waals surface area contributed by atoms with E-state index in [1.54, 1.807) is 47.4 Å². The van der Waals surface area contributed by atoms with Crippen LogP contribution in [0.3, 0.4) is 0 Å². The number of nitrogens with one attached hydrogen (secondary N) is 3. The molecule has 7 nitrogen and oxygen atoms in total. The summed E-state index contributed by atoms with van der Waals surface area (Å²) in [7, 11) is 0. The lowest BCUT2D eigenvalue weighted by Crippen LogP contribution is -2.53. The first-order chi connectivity index (χ1) is 15.3. The molecule has 0 spiro atoms. The molecule has 2 aromatic rings. The lowest BCUT2D eigenvalue weighted by Gasteiger charge is -2.33. The normalized spacial score (nSPS) is 15.0. The van der Waals surface area contributed by atoms with Crippen LogP contribution in [0.1, 0.15) is 25.3 Å². The Kier molecular flexibility index (Phi) is 8.05. The SMILES string of the molecule is CC(=O)N[C@@H](Cc1ccccc1F)C(=O)NC1CCN(C(=O)Nc2ccc(Cl)cc2)CC1. The minimum absolute atomic E-state index is 0.0560. The number of carbonyl (C=O) groups excluding carboxylic acids is 3. The quantitative estimate of drug-likeness (QED) is 0.617. The highest BCUT2D eigenvalue weighted by Crippen LogP contribution is 2.16. The molecule has 0 aliphatic carbocycles. The summed E-state index contributed by atoms with van der Waals surface area (Å²) in [4.78, 5) is 38.5. The number of urea groups is 1. The van der Waals surface area contributed by atoms with Gasteiger partial charge in [-0.3, -0.25) is 9.59 Å². The maximum atomic E-state index is 14.0. The van der Waals surface area contributed by atoms with Crippen molar-refractivity contribution in [1.82, 2.24) is 15.5 Å². The Balaban J connectivity index is 1.52. The first kappa shape index (κ1) is 23.5. The number of hydrogen-bond acceptors (Lipinski definition) is 3. The molecule has 0 aromatic heterocycles. The molecular formula is C23H26ClFN4O3. The molecule has 1 aliphatic heterocycles. The van der Waals surface area contributed by atoms with Crippen molar-refractivity contribution < 1.29 is 18.8 Å². The van der Waals surface area contributed by atoms with Crippen molar-refractivity contribution in [2.45, 2.75) is 38.3 Å². The van der Waals surface area contributed by atoms with Crippen LogP contribution in [0.15, 0.2) is 48.5 Å². The summed E-state index contributed by atoms with van der Waals surface area (Å²) in [6, 6.07) is 11.8. The van der Waals surface area contributed by atoms with Gasteiger partial charge in [-0.2, -0.15) is 0 Å². The zero-order valence-electron chi connectivity index (χ0n) is 17.7. The summed E-state index contributed by atoms with van der Waals surface area (Å²) in [6.07, 6.45) is 1.21. The fourth-order valence-electron chi connectivity index (χ4n) is 3.60. The molecule has 0 radical (unpaired) electrons. The fraction of sp³-hybridized carbons (Fsp3) is 0.348. The van der Waals surface area contributed by atoms with Gasteiger partial charge in [-0.25, -0.2) is 9.18 Å². The van der Waals surface area contributed by atoms with Gasteiger partial charge < -0.3 is 20.9 Å². The third kappa shape index (κ3) is 6.68. The number of rotatable bonds is 6. The maximum Gasteiger partial charge on any atom is 0.321 e. The number of amides is 4. The molecule has 0 saturated carbocycles. The average Bonchev–Trinajstić information content (AvgIpc) is 2.76. The van der Waals surface area contributed by atoms with Crippen LogP contribution in [0.4, 0.5) is 14.9 Å². The highest BCUT2D eigenvalue weighted by Gasteiger charge is 2.27. The summed E-state index contributed by atoms with van der Waals surface area (Å²) in [5.41, 5.74) is 1.01. The molecule has 0 unspecified atom stereocenters. The lowest BCUT2D eigenvalue weighted by atomic mass is 10.0. The smallest absolute Gasteiger partial charge is 0.321 e. The van der Waals surface area contributed by atoms with Gasteiger partial charge in [0.25, 0.3) is 0 Å². The Morgan fingerprint density at radius 1 is 1.09 bits per heavy atom. The highest BCUT2D eigenvalue weighted by atomic mass is 35.5. The summed E-state index contributed by atoms with van der Waals surface area (Å²) in [5.74, 6) is -1.15. The summed E-state index contributed by atoms with van der Waals surface area (Å²) in [5, 5.41) is 8.95. The van der Waals surface area contributed by atoms with Crippen LogP contribution in [-0.2, 0) is 16.0 Å². The van der Waals surface area contributed by atoms with Crippen LogP contribution in [0.2, 0.25) is 5.02 Å². The molecule has 3 N–H and O–H groups in total. The van der Waals surface area contributed by atoms with Crippen molar-refractivity contribution in [3.63, 3.8) is 0 Å². The van der Waals surface area contributed by atoms with Crippen molar-refractivity contribution in [3.8, 4) is 0 Å². The number of carbonyl (C=O) groups is 3. The van der Waals surface area contributed by atoms with E-state index in [1.165, 1.54) is 13.0 Å². The van der Waals surface area contributed by atoms with E-state index in [9.17, 15) is 18.8 Å². The number of halogens is 2. The van der Waals surface area contributed by atoms with E-state index >= 15 is 0 Å². The Bertz CT molecular complexity index is 962. The third-order valence-electron chi connectivity index (χ3n) is 5.30. The molecule has 1 heterocycles. The minimum atomic E-state index is -0.879. The monoisotopic (exact) mass is 460 g/mol. The number of benzene rings is 2.